The van der Waals surface area contributed by atoms with E-state index in [0.717, 1.165) is 0 Å². The van der Waals surface area contributed by atoms with Crippen LogP contribution in [0.2, 0.25) is 0 Å². The smallest absolute Gasteiger partial charge is 0.490 e. The molecule has 1 aliphatic heterocycles. The third-order valence-corrected chi connectivity index (χ3v) is 4.36. The molecule has 0 unspecified atom stereocenters. The summed E-state index contributed by atoms with van der Waals surface area (Å²) in [5, 5.41) is 0. The zero-order valence-corrected chi connectivity index (χ0v) is 15.1. The van der Waals surface area contributed by atoms with Gasteiger partial charge < -0.3 is 18.8 Å². The molecule has 1 aliphatic rings. The minimum absolute atomic E-state index is 0.143. The molecule has 1 saturated heterocycles. The van der Waals surface area contributed by atoms with E-state index in [2.05, 4.69) is 0 Å². The van der Waals surface area contributed by atoms with Gasteiger partial charge in [0.1, 0.15) is 0 Å². The first-order valence-electron chi connectivity index (χ1n) is 8.13. The lowest BCUT2D eigenvalue weighted by molar-refractivity contribution is -0.134. The maximum absolute atomic E-state index is 14.5. The third kappa shape index (κ3) is 3.57. The fourth-order valence-electron chi connectivity index (χ4n) is 2.25. The van der Waals surface area contributed by atoms with Crippen LogP contribution in [0.3, 0.4) is 0 Å². The first kappa shape index (κ1) is 18.7. The van der Waals surface area contributed by atoms with Crippen LogP contribution in [0.15, 0.2) is 12.1 Å². The Morgan fingerprint density at radius 2 is 1.75 bits per heavy atom. The van der Waals surface area contributed by atoms with Gasteiger partial charge in [0.25, 0.3) is 0 Å². The fourth-order valence-corrected chi connectivity index (χ4v) is 2.25. The van der Waals surface area contributed by atoms with Gasteiger partial charge in [-0.25, -0.2) is 4.39 Å². The lowest BCUT2D eigenvalue weighted by atomic mass is 9.79. The topological polar surface area (TPSA) is 54.0 Å². The highest BCUT2D eigenvalue weighted by molar-refractivity contribution is 6.62. The summed E-state index contributed by atoms with van der Waals surface area (Å²) in [7, 11) is -0.723. The minimum atomic E-state index is -0.723. The molecule has 1 heterocycles. The van der Waals surface area contributed by atoms with Crippen LogP contribution < -0.4 is 14.9 Å². The number of halogens is 1. The lowest BCUT2D eigenvalue weighted by Gasteiger charge is -2.32. The SMILES string of the molecule is CCOc1cc(B2OC(C)(C)C(C)(C)O2)cc(F)c1OC(=O)CC. The Bertz CT molecular complexity index is 614. The van der Waals surface area contributed by atoms with Crippen LogP contribution in [0.1, 0.15) is 48.0 Å². The number of esters is 1. The van der Waals surface area contributed by atoms with Crippen molar-refractivity contribution in [3.05, 3.63) is 17.9 Å². The van der Waals surface area contributed by atoms with Crippen molar-refractivity contribution in [1.29, 1.82) is 0 Å². The van der Waals surface area contributed by atoms with Crippen molar-refractivity contribution >= 4 is 18.6 Å². The highest BCUT2D eigenvalue weighted by atomic mass is 19.1. The maximum atomic E-state index is 14.5. The van der Waals surface area contributed by atoms with Gasteiger partial charge in [0.05, 0.1) is 17.8 Å². The van der Waals surface area contributed by atoms with Crippen molar-refractivity contribution in [3.63, 3.8) is 0 Å². The molecule has 132 valence electrons. The van der Waals surface area contributed by atoms with Gasteiger partial charge in [0.2, 0.25) is 5.75 Å². The predicted molar refractivity (Wildman–Crippen MR) is 89.2 cm³/mol. The van der Waals surface area contributed by atoms with Crippen LogP contribution in [0, 0.1) is 5.82 Å². The second kappa shape index (κ2) is 6.72. The summed E-state index contributed by atoms with van der Waals surface area (Å²) in [6.45, 7) is 11.4. The normalized spacial score (nSPS) is 18.5. The summed E-state index contributed by atoms with van der Waals surface area (Å²) in [4.78, 5) is 11.5. The summed E-state index contributed by atoms with van der Waals surface area (Å²) in [5.41, 5.74) is -0.591. The van der Waals surface area contributed by atoms with E-state index in [4.69, 9.17) is 18.8 Å². The van der Waals surface area contributed by atoms with Gasteiger partial charge in [-0.15, -0.1) is 0 Å². The molecular weight excluding hydrogens is 314 g/mol. The van der Waals surface area contributed by atoms with Crippen molar-refractivity contribution in [2.75, 3.05) is 6.61 Å². The molecule has 0 bridgehead atoms. The molecule has 1 aromatic carbocycles. The zero-order chi connectivity index (χ0) is 18.1. The van der Waals surface area contributed by atoms with Crippen molar-refractivity contribution in [2.45, 2.75) is 59.2 Å². The molecule has 5 nitrogen and oxygen atoms in total. The second-order valence-corrected chi connectivity index (χ2v) is 6.68. The van der Waals surface area contributed by atoms with Gasteiger partial charge in [0, 0.05) is 6.42 Å². The van der Waals surface area contributed by atoms with Gasteiger partial charge in [0.15, 0.2) is 11.6 Å². The van der Waals surface area contributed by atoms with E-state index in [1.54, 1.807) is 19.9 Å². The average molecular weight is 338 g/mol. The van der Waals surface area contributed by atoms with E-state index in [-0.39, 0.29) is 17.9 Å². The standard InChI is InChI=1S/C17H24BFO5/c1-7-14(20)22-15-12(19)9-11(10-13(15)21-8-2)18-23-16(3,4)17(5,6)24-18/h9-10H,7-8H2,1-6H3. The highest BCUT2D eigenvalue weighted by Crippen LogP contribution is 2.37. The van der Waals surface area contributed by atoms with Crippen molar-refractivity contribution in [1.82, 2.24) is 0 Å². The molecule has 1 aromatic rings. The Morgan fingerprint density at radius 3 is 2.25 bits per heavy atom. The number of benzene rings is 1. The van der Waals surface area contributed by atoms with Gasteiger partial charge in [-0.05, 0) is 52.2 Å². The van der Waals surface area contributed by atoms with E-state index in [1.165, 1.54) is 6.07 Å². The maximum Gasteiger partial charge on any atom is 0.495 e. The van der Waals surface area contributed by atoms with Crippen LogP contribution in [0.25, 0.3) is 0 Å². The van der Waals surface area contributed by atoms with Crippen LogP contribution in [-0.4, -0.2) is 30.9 Å². The van der Waals surface area contributed by atoms with Gasteiger partial charge in [-0.1, -0.05) is 6.92 Å². The van der Waals surface area contributed by atoms with Crippen molar-refractivity contribution < 1.29 is 28.0 Å². The minimum Gasteiger partial charge on any atom is -0.490 e. The Hall–Kier alpha value is -1.60. The van der Waals surface area contributed by atoms with Crippen LogP contribution in [0.4, 0.5) is 4.39 Å². The number of rotatable bonds is 5. The van der Waals surface area contributed by atoms with Gasteiger partial charge >= 0.3 is 13.1 Å². The molecule has 7 heteroatoms. The Morgan fingerprint density at radius 1 is 1.17 bits per heavy atom. The van der Waals surface area contributed by atoms with Gasteiger partial charge in [-0.3, -0.25) is 4.79 Å². The van der Waals surface area contributed by atoms with Crippen molar-refractivity contribution in [2.24, 2.45) is 0 Å². The monoisotopic (exact) mass is 338 g/mol. The molecule has 2 rings (SSSR count). The average Bonchev–Trinajstić information content (AvgIpc) is 2.70. The molecule has 0 atom stereocenters. The molecular formula is C17H24BFO5. The second-order valence-electron chi connectivity index (χ2n) is 6.68. The molecule has 0 amide bonds. The Balaban J connectivity index is 2.38. The third-order valence-electron chi connectivity index (χ3n) is 4.36. The number of hydrogen-bond donors (Lipinski definition) is 0. The molecule has 0 radical (unpaired) electrons. The molecule has 0 aliphatic carbocycles. The Labute approximate surface area is 142 Å². The Kier molecular flexibility index (Phi) is 5.25. The molecule has 0 saturated carbocycles. The first-order chi connectivity index (χ1) is 11.1. The van der Waals surface area contributed by atoms with E-state index in [1.807, 2.05) is 27.7 Å². The quantitative estimate of drug-likeness (QED) is 0.469. The summed E-state index contributed by atoms with van der Waals surface area (Å²) in [5.74, 6) is -1.27. The molecule has 1 fully saturated rings. The van der Waals surface area contributed by atoms with E-state index in [9.17, 15) is 9.18 Å². The zero-order valence-electron chi connectivity index (χ0n) is 15.1. The number of ether oxygens (including phenoxy) is 2. The van der Waals surface area contributed by atoms with Gasteiger partial charge in [-0.2, -0.15) is 0 Å². The number of carbonyl (C=O) groups excluding carboxylic acids is 1. The predicted octanol–water partition coefficient (Wildman–Crippen LogP) is 2.84. The molecule has 0 N–H and O–H groups in total. The molecule has 0 aromatic heterocycles. The summed E-state index contributed by atoms with van der Waals surface area (Å²) >= 11 is 0. The first-order valence-corrected chi connectivity index (χ1v) is 8.13. The fraction of sp³-hybridized carbons (Fsp3) is 0.588. The molecule has 0 spiro atoms. The summed E-state index contributed by atoms with van der Waals surface area (Å²) in [6.07, 6.45) is 0.143. The molecule has 24 heavy (non-hydrogen) atoms. The summed E-state index contributed by atoms with van der Waals surface area (Å²) < 4.78 is 36.9. The van der Waals surface area contributed by atoms with E-state index >= 15 is 0 Å². The van der Waals surface area contributed by atoms with Crippen molar-refractivity contribution in [3.8, 4) is 11.5 Å². The van der Waals surface area contributed by atoms with Crippen LogP contribution in [0.5, 0.6) is 11.5 Å². The largest absolute Gasteiger partial charge is 0.495 e. The van der Waals surface area contributed by atoms with E-state index in [0.29, 0.717) is 12.1 Å². The number of hydrogen-bond acceptors (Lipinski definition) is 5. The number of carbonyl (C=O) groups is 1. The van der Waals surface area contributed by atoms with E-state index < -0.39 is 30.1 Å². The summed E-state index contributed by atoms with van der Waals surface area (Å²) in [6, 6.07) is 2.84. The highest BCUT2D eigenvalue weighted by Gasteiger charge is 2.52. The van der Waals surface area contributed by atoms with Crippen LogP contribution >= 0.6 is 0 Å². The van der Waals surface area contributed by atoms with Crippen LogP contribution in [-0.2, 0) is 14.1 Å². The lowest BCUT2D eigenvalue weighted by Crippen LogP contribution is -2.41.